The van der Waals surface area contributed by atoms with Crippen LogP contribution >= 0.6 is 11.6 Å². The van der Waals surface area contributed by atoms with Gasteiger partial charge in [-0.2, -0.15) is 0 Å². The second-order valence-electron chi connectivity index (χ2n) is 7.92. The van der Waals surface area contributed by atoms with Gasteiger partial charge in [0.1, 0.15) is 17.5 Å². The molecular formula is C24H32ClN3O6S. The van der Waals surface area contributed by atoms with Crippen LogP contribution in [0.15, 0.2) is 42.5 Å². The van der Waals surface area contributed by atoms with Crippen LogP contribution in [-0.2, 0) is 26.2 Å². The van der Waals surface area contributed by atoms with E-state index in [4.69, 9.17) is 21.1 Å². The van der Waals surface area contributed by atoms with Crippen molar-refractivity contribution in [2.75, 3.05) is 38.4 Å². The first-order chi connectivity index (χ1) is 16.5. The van der Waals surface area contributed by atoms with Gasteiger partial charge in [-0.3, -0.25) is 13.9 Å². The van der Waals surface area contributed by atoms with Crippen molar-refractivity contribution in [1.82, 2.24) is 10.2 Å². The van der Waals surface area contributed by atoms with E-state index in [-0.39, 0.29) is 42.8 Å². The van der Waals surface area contributed by atoms with E-state index in [0.29, 0.717) is 17.2 Å². The minimum atomic E-state index is -3.63. The third-order valence-electron chi connectivity index (χ3n) is 5.50. The lowest BCUT2D eigenvalue weighted by atomic mass is 10.1. The van der Waals surface area contributed by atoms with E-state index in [9.17, 15) is 18.0 Å². The van der Waals surface area contributed by atoms with Crippen molar-refractivity contribution in [2.24, 2.45) is 0 Å². The summed E-state index contributed by atoms with van der Waals surface area (Å²) >= 11 is 6.17. The molecule has 35 heavy (non-hydrogen) atoms. The Labute approximate surface area is 212 Å². The molecule has 0 saturated carbocycles. The van der Waals surface area contributed by atoms with E-state index in [1.807, 2.05) is 12.1 Å². The molecule has 0 bridgehead atoms. The molecule has 0 aliphatic heterocycles. The SMILES string of the molecule is CNC(=O)[C@@H](C)N(Cc1ccc(OC)cc1)C(=O)CCCN(c1ccc(OC)c(Cl)c1)S(C)(=O)=O. The molecule has 2 rings (SSSR count). The molecule has 9 nitrogen and oxygen atoms in total. The van der Waals surface area contributed by atoms with Gasteiger partial charge in [0.25, 0.3) is 0 Å². The van der Waals surface area contributed by atoms with Gasteiger partial charge in [0.15, 0.2) is 0 Å². The molecule has 0 aliphatic carbocycles. The topological polar surface area (TPSA) is 105 Å². The molecule has 2 amide bonds. The van der Waals surface area contributed by atoms with Crippen LogP contribution in [-0.4, -0.2) is 65.2 Å². The monoisotopic (exact) mass is 525 g/mol. The molecule has 11 heteroatoms. The number of carbonyl (C=O) groups is 2. The summed E-state index contributed by atoms with van der Waals surface area (Å²) in [4.78, 5) is 26.9. The predicted octanol–water partition coefficient (Wildman–Crippen LogP) is 3.07. The van der Waals surface area contributed by atoms with Crippen molar-refractivity contribution in [3.63, 3.8) is 0 Å². The lowest BCUT2D eigenvalue weighted by Crippen LogP contribution is -2.46. The Bertz CT molecular complexity index is 1120. The number of sulfonamides is 1. The maximum absolute atomic E-state index is 13.2. The Balaban J connectivity index is 2.16. The molecule has 1 N–H and O–H groups in total. The van der Waals surface area contributed by atoms with Crippen LogP contribution in [0.3, 0.4) is 0 Å². The molecule has 2 aromatic rings. The number of carbonyl (C=O) groups excluding carboxylic acids is 2. The molecule has 0 saturated heterocycles. The van der Waals surface area contributed by atoms with Crippen LogP contribution in [0, 0.1) is 0 Å². The second kappa shape index (κ2) is 12.6. The zero-order valence-electron chi connectivity index (χ0n) is 20.6. The van der Waals surface area contributed by atoms with E-state index in [1.165, 1.54) is 29.4 Å². The van der Waals surface area contributed by atoms with Crippen LogP contribution in [0.1, 0.15) is 25.3 Å². The molecule has 192 valence electrons. The summed E-state index contributed by atoms with van der Waals surface area (Å²) in [5.41, 5.74) is 1.21. The van der Waals surface area contributed by atoms with Crippen molar-refractivity contribution in [3.05, 3.63) is 53.1 Å². The molecular weight excluding hydrogens is 494 g/mol. The molecule has 0 heterocycles. The minimum Gasteiger partial charge on any atom is -0.497 e. The number of halogens is 1. The summed E-state index contributed by atoms with van der Waals surface area (Å²) in [5, 5.41) is 2.85. The van der Waals surface area contributed by atoms with Crippen LogP contribution in [0.25, 0.3) is 0 Å². The van der Waals surface area contributed by atoms with Crippen LogP contribution < -0.4 is 19.1 Å². The molecule has 0 fully saturated rings. The number of rotatable bonds is 12. The van der Waals surface area contributed by atoms with E-state index in [0.717, 1.165) is 11.8 Å². The van der Waals surface area contributed by atoms with Gasteiger partial charge in [-0.25, -0.2) is 8.42 Å². The Kier molecular flexibility index (Phi) is 10.2. The fourth-order valence-electron chi connectivity index (χ4n) is 3.53. The summed E-state index contributed by atoms with van der Waals surface area (Å²) < 4.78 is 36.4. The van der Waals surface area contributed by atoms with Gasteiger partial charge in [0, 0.05) is 26.6 Å². The van der Waals surface area contributed by atoms with Crippen molar-refractivity contribution in [2.45, 2.75) is 32.4 Å². The predicted molar refractivity (Wildman–Crippen MR) is 137 cm³/mol. The average Bonchev–Trinajstić information content (AvgIpc) is 2.83. The zero-order chi connectivity index (χ0) is 26.2. The van der Waals surface area contributed by atoms with E-state index >= 15 is 0 Å². The molecule has 1 atom stereocenters. The molecule has 0 radical (unpaired) electrons. The number of hydrogen-bond acceptors (Lipinski definition) is 6. The van der Waals surface area contributed by atoms with Crippen molar-refractivity contribution in [3.8, 4) is 11.5 Å². The summed E-state index contributed by atoms with van der Waals surface area (Å²) in [7, 11) is 0.923. The molecule has 0 aromatic heterocycles. The molecule has 0 unspecified atom stereocenters. The normalized spacial score (nSPS) is 11.9. The number of amides is 2. The molecule has 0 spiro atoms. The first-order valence-electron chi connectivity index (χ1n) is 11.0. The van der Waals surface area contributed by atoms with Gasteiger partial charge >= 0.3 is 0 Å². The van der Waals surface area contributed by atoms with Gasteiger partial charge in [-0.1, -0.05) is 23.7 Å². The van der Waals surface area contributed by atoms with E-state index in [1.54, 1.807) is 38.3 Å². The van der Waals surface area contributed by atoms with E-state index < -0.39 is 16.1 Å². The Morgan fingerprint density at radius 3 is 2.26 bits per heavy atom. The summed E-state index contributed by atoms with van der Waals surface area (Å²) in [6, 6.07) is 11.2. The van der Waals surface area contributed by atoms with Crippen molar-refractivity contribution in [1.29, 1.82) is 0 Å². The third kappa shape index (κ3) is 7.76. The lowest BCUT2D eigenvalue weighted by molar-refractivity contribution is -0.140. The van der Waals surface area contributed by atoms with Crippen LogP contribution in [0.5, 0.6) is 11.5 Å². The third-order valence-corrected chi connectivity index (χ3v) is 6.99. The number of ether oxygens (including phenoxy) is 2. The van der Waals surface area contributed by atoms with Crippen LogP contribution in [0.4, 0.5) is 5.69 Å². The highest BCUT2D eigenvalue weighted by Crippen LogP contribution is 2.30. The second-order valence-corrected chi connectivity index (χ2v) is 10.2. The number of nitrogens with zero attached hydrogens (tertiary/aromatic N) is 2. The fraction of sp³-hybridized carbons (Fsp3) is 0.417. The highest BCUT2D eigenvalue weighted by molar-refractivity contribution is 7.92. The number of nitrogens with one attached hydrogen (secondary N) is 1. The van der Waals surface area contributed by atoms with Crippen molar-refractivity contribution >= 4 is 39.1 Å². The number of methoxy groups -OCH3 is 2. The van der Waals surface area contributed by atoms with Gasteiger partial charge in [0.2, 0.25) is 21.8 Å². The van der Waals surface area contributed by atoms with Gasteiger partial charge in [0.05, 0.1) is 31.2 Å². The zero-order valence-corrected chi connectivity index (χ0v) is 22.1. The largest absolute Gasteiger partial charge is 0.497 e. The highest BCUT2D eigenvalue weighted by Gasteiger charge is 2.26. The highest BCUT2D eigenvalue weighted by atomic mass is 35.5. The summed E-state index contributed by atoms with van der Waals surface area (Å²) in [6.07, 6.45) is 1.39. The van der Waals surface area contributed by atoms with Gasteiger partial charge in [-0.15, -0.1) is 0 Å². The first kappa shape index (κ1) is 28.3. The standard InChI is InChI=1S/C24H32ClN3O6S/c1-17(24(30)26-2)27(16-18-8-11-20(33-3)12-9-18)23(29)7-6-14-28(35(5,31)32)19-10-13-22(34-4)21(25)15-19/h8-13,15,17H,6-7,14,16H2,1-5H3,(H,26,30)/t17-/m1/s1. The maximum Gasteiger partial charge on any atom is 0.242 e. The number of likely N-dealkylation sites (N-methyl/N-ethyl adjacent to an activating group) is 1. The quantitative estimate of drug-likeness (QED) is 0.456. The van der Waals surface area contributed by atoms with E-state index in [2.05, 4.69) is 5.32 Å². The average molecular weight is 526 g/mol. The number of benzene rings is 2. The van der Waals surface area contributed by atoms with Gasteiger partial charge < -0.3 is 19.7 Å². The number of hydrogen-bond donors (Lipinski definition) is 1. The smallest absolute Gasteiger partial charge is 0.242 e. The lowest BCUT2D eigenvalue weighted by Gasteiger charge is -2.29. The Hall–Kier alpha value is -2.98. The Morgan fingerprint density at radius 1 is 1.09 bits per heavy atom. The molecule has 0 aliphatic rings. The maximum atomic E-state index is 13.2. The fourth-order valence-corrected chi connectivity index (χ4v) is 4.74. The summed E-state index contributed by atoms with van der Waals surface area (Å²) in [6.45, 7) is 1.95. The van der Waals surface area contributed by atoms with Crippen molar-refractivity contribution < 1.29 is 27.5 Å². The summed E-state index contributed by atoms with van der Waals surface area (Å²) in [5.74, 6) is 0.553. The number of anilines is 1. The van der Waals surface area contributed by atoms with Gasteiger partial charge in [-0.05, 0) is 49.2 Å². The van der Waals surface area contributed by atoms with Crippen LogP contribution in [0.2, 0.25) is 5.02 Å². The Morgan fingerprint density at radius 2 is 1.74 bits per heavy atom. The minimum absolute atomic E-state index is 0.0490. The molecule has 2 aromatic carbocycles. The first-order valence-corrected chi connectivity index (χ1v) is 13.2.